The first-order chi connectivity index (χ1) is 13.0. The Hall–Kier alpha value is -2.92. The van der Waals surface area contributed by atoms with Gasteiger partial charge in [-0.25, -0.2) is 0 Å². The predicted octanol–water partition coefficient (Wildman–Crippen LogP) is 5.14. The highest BCUT2D eigenvalue weighted by Gasteiger charge is 2.35. The number of furan rings is 1. The average Bonchev–Trinajstić information content (AvgIpc) is 3.28. The molecule has 132 valence electrons. The molecule has 4 aromatic rings. The van der Waals surface area contributed by atoms with Crippen LogP contribution >= 0.6 is 15.9 Å². The standard InChI is InChI=1S/C22H14BrNO3/c1-24-10-15(14-8-12(23)6-7-17(14)24)21-18(25)9-19(26)22(21)16-11-27-20-5-3-2-4-13(16)20/h2-8,10-11H,9H2,1H3. The number of benzene rings is 2. The molecule has 0 fully saturated rings. The molecule has 2 aromatic carbocycles. The maximum atomic E-state index is 12.8. The van der Waals surface area contributed by atoms with E-state index in [2.05, 4.69) is 15.9 Å². The molecule has 0 saturated heterocycles. The smallest absolute Gasteiger partial charge is 0.172 e. The normalized spacial score (nSPS) is 14.9. The van der Waals surface area contributed by atoms with Gasteiger partial charge in [-0.3, -0.25) is 9.59 Å². The largest absolute Gasteiger partial charge is 0.464 e. The van der Waals surface area contributed by atoms with Gasteiger partial charge in [0.2, 0.25) is 0 Å². The fourth-order valence-electron chi connectivity index (χ4n) is 3.91. The van der Waals surface area contributed by atoms with Crippen molar-refractivity contribution in [2.24, 2.45) is 7.05 Å². The fraction of sp³-hybridized carbons (Fsp3) is 0.0909. The number of rotatable bonds is 2. The third-order valence-electron chi connectivity index (χ3n) is 5.10. The predicted molar refractivity (Wildman–Crippen MR) is 108 cm³/mol. The summed E-state index contributed by atoms with van der Waals surface area (Å²) in [5.74, 6) is -0.304. The van der Waals surface area contributed by atoms with Crippen LogP contribution in [0, 0.1) is 0 Å². The first-order valence-electron chi connectivity index (χ1n) is 8.57. The monoisotopic (exact) mass is 419 g/mol. The molecular weight excluding hydrogens is 406 g/mol. The summed E-state index contributed by atoms with van der Waals surface area (Å²) in [5.41, 5.74) is 4.11. The lowest BCUT2D eigenvalue weighted by Gasteiger charge is -2.04. The lowest BCUT2D eigenvalue weighted by Crippen LogP contribution is -1.96. The van der Waals surface area contributed by atoms with Crippen LogP contribution in [0.25, 0.3) is 33.0 Å². The van der Waals surface area contributed by atoms with Gasteiger partial charge >= 0.3 is 0 Å². The third kappa shape index (κ3) is 2.35. The summed E-state index contributed by atoms with van der Waals surface area (Å²) in [5, 5.41) is 1.78. The maximum absolute atomic E-state index is 12.8. The van der Waals surface area contributed by atoms with Crippen molar-refractivity contribution in [2.75, 3.05) is 0 Å². The number of halogens is 1. The number of hydrogen-bond donors (Lipinski definition) is 0. The highest BCUT2D eigenvalue weighted by Crippen LogP contribution is 2.41. The van der Waals surface area contributed by atoms with Crippen LogP contribution in [0.2, 0.25) is 0 Å². The van der Waals surface area contributed by atoms with Crippen molar-refractivity contribution < 1.29 is 14.0 Å². The van der Waals surface area contributed by atoms with E-state index in [1.807, 2.05) is 60.3 Å². The van der Waals surface area contributed by atoms with E-state index in [9.17, 15) is 9.59 Å². The topological polar surface area (TPSA) is 52.2 Å². The van der Waals surface area contributed by atoms with Crippen molar-refractivity contribution in [1.29, 1.82) is 0 Å². The van der Waals surface area contributed by atoms with Gasteiger partial charge in [0.15, 0.2) is 11.6 Å². The van der Waals surface area contributed by atoms with Gasteiger partial charge in [-0.15, -0.1) is 0 Å². The van der Waals surface area contributed by atoms with E-state index >= 15 is 0 Å². The molecule has 0 aliphatic heterocycles. The Morgan fingerprint density at radius 3 is 2.52 bits per heavy atom. The molecule has 2 heterocycles. The first-order valence-corrected chi connectivity index (χ1v) is 9.36. The SMILES string of the molecule is Cn1cc(C2=C(c3coc4ccccc34)C(=O)CC2=O)c2cc(Br)ccc21. The van der Waals surface area contributed by atoms with Crippen LogP contribution in [0.4, 0.5) is 0 Å². The van der Waals surface area contributed by atoms with Crippen LogP contribution in [0.1, 0.15) is 17.5 Å². The van der Waals surface area contributed by atoms with E-state index in [-0.39, 0.29) is 18.0 Å². The van der Waals surface area contributed by atoms with Crippen molar-refractivity contribution in [3.05, 3.63) is 70.5 Å². The Morgan fingerprint density at radius 1 is 0.963 bits per heavy atom. The second-order valence-corrected chi connectivity index (χ2v) is 7.65. The second kappa shape index (κ2) is 5.79. The van der Waals surface area contributed by atoms with Gasteiger partial charge in [-0.2, -0.15) is 0 Å². The van der Waals surface area contributed by atoms with Crippen LogP contribution in [-0.2, 0) is 16.6 Å². The molecule has 1 aliphatic carbocycles. The molecule has 2 aromatic heterocycles. The molecule has 0 saturated carbocycles. The third-order valence-corrected chi connectivity index (χ3v) is 5.59. The number of fused-ring (bicyclic) bond motifs is 2. The number of nitrogens with zero attached hydrogens (tertiary/aromatic N) is 1. The van der Waals surface area contributed by atoms with Crippen molar-refractivity contribution in [3.63, 3.8) is 0 Å². The Morgan fingerprint density at radius 2 is 1.70 bits per heavy atom. The van der Waals surface area contributed by atoms with E-state index in [4.69, 9.17) is 4.42 Å². The molecule has 5 rings (SSSR count). The van der Waals surface area contributed by atoms with Gasteiger partial charge in [0, 0.05) is 56.3 Å². The maximum Gasteiger partial charge on any atom is 0.172 e. The first kappa shape index (κ1) is 16.3. The summed E-state index contributed by atoms with van der Waals surface area (Å²) >= 11 is 3.51. The van der Waals surface area contributed by atoms with Gasteiger partial charge < -0.3 is 8.98 Å². The van der Waals surface area contributed by atoms with Gasteiger partial charge in [-0.1, -0.05) is 34.1 Å². The summed E-state index contributed by atoms with van der Waals surface area (Å²) < 4.78 is 8.53. The van der Waals surface area contributed by atoms with Crippen LogP contribution in [0.15, 0.2) is 63.8 Å². The van der Waals surface area contributed by atoms with Crippen molar-refractivity contribution >= 4 is 60.5 Å². The molecule has 0 amide bonds. The molecule has 0 bridgehead atoms. The molecule has 5 heteroatoms. The summed E-state index contributed by atoms with van der Waals surface area (Å²) in [6.45, 7) is 0. The van der Waals surface area contributed by atoms with Gasteiger partial charge in [0.1, 0.15) is 5.58 Å². The summed E-state index contributed by atoms with van der Waals surface area (Å²) in [4.78, 5) is 25.6. The zero-order valence-corrected chi connectivity index (χ0v) is 16.0. The number of carbonyl (C=O) groups is 2. The van der Waals surface area contributed by atoms with Crippen LogP contribution < -0.4 is 0 Å². The van der Waals surface area contributed by atoms with E-state index in [1.54, 1.807) is 6.26 Å². The molecule has 0 N–H and O–H groups in total. The Labute approximate surface area is 163 Å². The zero-order valence-electron chi connectivity index (χ0n) is 14.5. The Balaban J connectivity index is 1.87. The average molecular weight is 420 g/mol. The molecule has 4 nitrogen and oxygen atoms in total. The summed E-state index contributed by atoms with van der Waals surface area (Å²) in [6, 6.07) is 13.5. The highest BCUT2D eigenvalue weighted by molar-refractivity contribution is 9.10. The fourth-order valence-corrected chi connectivity index (χ4v) is 4.27. The van der Waals surface area contributed by atoms with Crippen molar-refractivity contribution in [1.82, 2.24) is 4.57 Å². The van der Waals surface area contributed by atoms with E-state index < -0.39 is 0 Å². The summed E-state index contributed by atoms with van der Waals surface area (Å²) in [7, 11) is 1.94. The van der Waals surface area contributed by atoms with Crippen LogP contribution in [-0.4, -0.2) is 16.1 Å². The van der Waals surface area contributed by atoms with E-state index in [1.165, 1.54) is 0 Å². The molecule has 0 atom stereocenters. The number of ketones is 2. The zero-order chi connectivity index (χ0) is 18.7. The van der Waals surface area contributed by atoms with Crippen molar-refractivity contribution in [3.8, 4) is 0 Å². The molecule has 27 heavy (non-hydrogen) atoms. The number of aromatic nitrogens is 1. The number of allylic oxidation sites excluding steroid dienone is 2. The molecule has 0 spiro atoms. The molecule has 0 radical (unpaired) electrons. The number of para-hydroxylation sites is 1. The molecule has 1 aliphatic rings. The van der Waals surface area contributed by atoms with Crippen LogP contribution in [0.5, 0.6) is 0 Å². The summed E-state index contributed by atoms with van der Waals surface area (Å²) in [6.07, 6.45) is 3.40. The van der Waals surface area contributed by atoms with E-state index in [0.29, 0.717) is 22.3 Å². The van der Waals surface area contributed by atoms with Gasteiger partial charge in [-0.05, 0) is 24.3 Å². The molecule has 0 unspecified atom stereocenters. The van der Waals surface area contributed by atoms with Crippen molar-refractivity contribution in [2.45, 2.75) is 6.42 Å². The number of carbonyl (C=O) groups excluding carboxylic acids is 2. The van der Waals surface area contributed by atoms with Crippen LogP contribution in [0.3, 0.4) is 0 Å². The van der Waals surface area contributed by atoms with Gasteiger partial charge in [0.25, 0.3) is 0 Å². The minimum absolute atomic E-state index is 0.103. The van der Waals surface area contributed by atoms with E-state index in [0.717, 1.165) is 26.3 Å². The van der Waals surface area contributed by atoms with Gasteiger partial charge in [0.05, 0.1) is 12.7 Å². The minimum atomic E-state index is -0.159. The minimum Gasteiger partial charge on any atom is -0.464 e. The number of hydrogen-bond acceptors (Lipinski definition) is 3. The lowest BCUT2D eigenvalue weighted by molar-refractivity contribution is -0.119. The highest BCUT2D eigenvalue weighted by atomic mass is 79.9. The number of aryl methyl sites for hydroxylation is 1. The second-order valence-electron chi connectivity index (χ2n) is 6.73. The Kier molecular flexibility index (Phi) is 3.49. The quantitative estimate of drug-likeness (QED) is 0.422. The molecular formula is C22H14BrNO3. The Bertz CT molecular complexity index is 1310. The number of Topliss-reactive ketones (excluding diaryl/α,β-unsaturated/α-hetero) is 2. The lowest BCUT2D eigenvalue weighted by atomic mass is 9.95.